The number of anilines is 1. The van der Waals surface area contributed by atoms with Gasteiger partial charge in [-0.3, -0.25) is 4.79 Å². The smallest absolute Gasteiger partial charge is 0.277 e. The zero-order valence-corrected chi connectivity index (χ0v) is 16.8. The van der Waals surface area contributed by atoms with E-state index in [9.17, 15) is 4.79 Å². The van der Waals surface area contributed by atoms with Crippen molar-refractivity contribution in [1.82, 2.24) is 20.9 Å². The summed E-state index contributed by atoms with van der Waals surface area (Å²) < 4.78 is 11.9. The molecule has 1 aromatic carbocycles. The van der Waals surface area contributed by atoms with E-state index in [1.54, 1.807) is 0 Å². The molecule has 1 aromatic heterocycles. The summed E-state index contributed by atoms with van der Waals surface area (Å²) >= 11 is 7.05. The molecule has 0 bridgehead atoms. The third kappa shape index (κ3) is 5.68. The SMILES string of the molecule is CCCOc1c(Br)cc(CNCCNC(=O)c2nonc2N)cc1Br. The van der Waals surface area contributed by atoms with Gasteiger partial charge in [0.05, 0.1) is 15.6 Å². The van der Waals surface area contributed by atoms with E-state index in [1.165, 1.54) is 0 Å². The zero-order chi connectivity index (χ0) is 18.2. The molecule has 0 spiro atoms. The molecule has 0 saturated carbocycles. The molecule has 1 amide bonds. The third-order valence-corrected chi connectivity index (χ3v) is 4.33. The summed E-state index contributed by atoms with van der Waals surface area (Å²) in [6.45, 7) is 4.38. The number of rotatable bonds is 9. The average molecular weight is 477 g/mol. The van der Waals surface area contributed by atoms with Gasteiger partial charge in [0.15, 0.2) is 0 Å². The lowest BCUT2D eigenvalue weighted by molar-refractivity contribution is 0.0944. The molecular weight excluding hydrogens is 458 g/mol. The summed E-state index contributed by atoms with van der Waals surface area (Å²) in [4.78, 5) is 11.8. The molecule has 136 valence electrons. The number of halogens is 2. The van der Waals surface area contributed by atoms with E-state index in [1.807, 2.05) is 12.1 Å². The summed E-state index contributed by atoms with van der Waals surface area (Å²) in [6.07, 6.45) is 0.948. The number of nitrogens with one attached hydrogen (secondary N) is 2. The van der Waals surface area contributed by atoms with Gasteiger partial charge in [0.25, 0.3) is 5.91 Å². The molecule has 2 rings (SSSR count). The Morgan fingerprint density at radius 3 is 2.60 bits per heavy atom. The quantitative estimate of drug-likeness (QED) is 0.476. The van der Waals surface area contributed by atoms with E-state index < -0.39 is 5.91 Å². The number of carbonyl (C=O) groups is 1. The van der Waals surface area contributed by atoms with Gasteiger partial charge in [-0.15, -0.1) is 0 Å². The predicted octanol–water partition coefficient (Wildman–Crippen LogP) is 2.49. The molecule has 0 aliphatic carbocycles. The van der Waals surface area contributed by atoms with Crippen LogP contribution in [-0.4, -0.2) is 35.9 Å². The first-order valence-corrected chi connectivity index (χ1v) is 9.29. The second kappa shape index (κ2) is 9.73. The Hall–Kier alpha value is -1.65. The van der Waals surface area contributed by atoms with Crippen molar-refractivity contribution in [1.29, 1.82) is 0 Å². The number of amides is 1. The molecule has 8 nitrogen and oxygen atoms in total. The van der Waals surface area contributed by atoms with Gasteiger partial charge in [-0.25, -0.2) is 4.63 Å². The number of carbonyl (C=O) groups excluding carboxylic acids is 1. The maximum Gasteiger partial charge on any atom is 0.277 e. The third-order valence-electron chi connectivity index (χ3n) is 3.15. The van der Waals surface area contributed by atoms with Crippen molar-refractivity contribution in [3.63, 3.8) is 0 Å². The van der Waals surface area contributed by atoms with Crippen LogP contribution in [0.3, 0.4) is 0 Å². The highest BCUT2D eigenvalue weighted by Gasteiger charge is 2.15. The lowest BCUT2D eigenvalue weighted by Crippen LogP contribution is -2.32. The second-order valence-corrected chi connectivity index (χ2v) is 6.88. The van der Waals surface area contributed by atoms with E-state index in [4.69, 9.17) is 10.5 Å². The molecule has 1 heterocycles. The van der Waals surface area contributed by atoms with Gasteiger partial charge in [-0.05, 0) is 66.3 Å². The average Bonchev–Trinajstić information content (AvgIpc) is 3.00. The number of aromatic nitrogens is 2. The van der Waals surface area contributed by atoms with E-state index in [0.29, 0.717) is 26.2 Å². The van der Waals surface area contributed by atoms with Gasteiger partial charge in [0, 0.05) is 19.6 Å². The van der Waals surface area contributed by atoms with Gasteiger partial charge < -0.3 is 21.1 Å². The Labute approximate surface area is 162 Å². The minimum Gasteiger partial charge on any atom is -0.491 e. The van der Waals surface area contributed by atoms with Crippen molar-refractivity contribution in [3.8, 4) is 5.75 Å². The first kappa shape index (κ1) is 19.7. The topological polar surface area (TPSA) is 115 Å². The number of ether oxygens (including phenoxy) is 1. The Balaban J connectivity index is 1.76. The van der Waals surface area contributed by atoms with E-state index in [0.717, 1.165) is 26.7 Å². The summed E-state index contributed by atoms with van der Waals surface area (Å²) in [5, 5.41) is 12.7. The van der Waals surface area contributed by atoms with Crippen LogP contribution in [0.15, 0.2) is 25.7 Å². The Bertz CT molecular complexity index is 700. The highest BCUT2D eigenvalue weighted by molar-refractivity contribution is 9.11. The number of nitrogens with two attached hydrogens (primary N) is 1. The molecule has 10 heteroatoms. The Kier molecular flexibility index (Phi) is 7.66. The molecule has 25 heavy (non-hydrogen) atoms. The fourth-order valence-corrected chi connectivity index (χ4v) is 3.50. The number of nitrogens with zero attached hydrogens (tertiary/aromatic N) is 2. The van der Waals surface area contributed by atoms with Crippen LogP contribution >= 0.6 is 31.9 Å². The van der Waals surface area contributed by atoms with Crippen molar-refractivity contribution in [3.05, 3.63) is 32.3 Å². The lowest BCUT2D eigenvalue weighted by Gasteiger charge is -2.12. The van der Waals surface area contributed by atoms with Crippen LogP contribution < -0.4 is 21.1 Å². The summed E-state index contributed by atoms with van der Waals surface area (Å²) in [5.74, 6) is 0.366. The first-order valence-electron chi connectivity index (χ1n) is 7.70. The molecule has 4 N–H and O–H groups in total. The van der Waals surface area contributed by atoms with Gasteiger partial charge in [0.2, 0.25) is 11.5 Å². The summed E-state index contributed by atoms with van der Waals surface area (Å²) in [5.41, 5.74) is 6.53. The molecule has 0 unspecified atom stereocenters. The fraction of sp³-hybridized carbons (Fsp3) is 0.400. The highest BCUT2D eigenvalue weighted by atomic mass is 79.9. The van der Waals surface area contributed by atoms with Gasteiger partial charge in [-0.2, -0.15) is 0 Å². The minimum absolute atomic E-state index is 0.00414. The fourth-order valence-electron chi connectivity index (χ4n) is 1.99. The van der Waals surface area contributed by atoms with E-state index in [-0.39, 0.29) is 11.5 Å². The van der Waals surface area contributed by atoms with Crippen LogP contribution in [0.25, 0.3) is 0 Å². The molecule has 0 atom stereocenters. The normalized spacial score (nSPS) is 10.7. The van der Waals surface area contributed by atoms with Crippen molar-refractivity contribution in [2.75, 3.05) is 25.4 Å². The minimum atomic E-state index is -0.413. The Morgan fingerprint density at radius 2 is 2.00 bits per heavy atom. The largest absolute Gasteiger partial charge is 0.491 e. The molecular formula is C15H19Br2N5O3. The molecule has 0 saturated heterocycles. The van der Waals surface area contributed by atoms with Crippen LogP contribution in [0, 0.1) is 0 Å². The molecule has 0 fully saturated rings. The van der Waals surface area contributed by atoms with Crippen molar-refractivity contribution in [2.24, 2.45) is 0 Å². The second-order valence-electron chi connectivity index (χ2n) is 5.17. The highest BCUT2D eigenvalue weighted by Crippen LogP contribution is 2.34. The number of hydrogen-bond acceptors (Lipinski definition) is 7. The van der Waals surface area contributed by atoms with Crippen molar-refractivity contribution < 1.29 is 14.2 Å². The maximum atomic E-state index is 11.8. The van der Waals surface area contributed by atoms with Crippen LogP contribution in [0.2, 0.25) is 0 Å². The van der Waals surface area contributed by atoms with Crippen molar-refractivity contribution in [2.45, 2.75) is 19.9 Å². The molecule has 2 aromatic rings. The number of benzene rings is 1. The van der Waals surface area contributed by atoms with E-state index >= 15 is 0 Å². The first-order chi connectivity index (χ1) is 12.0. The summed E-state index contributed by atoms with van der Waals surface area (Å²) in [7, 11) is 0. The number of nitrogen functional groups attached to an aromatic ring is 1. The molecule has 0 radical (unpaired) electrons. The van der Waals surface area contributed by atoms with Gasteiger partial charge in [-0.1, -0.05) is 6.92 Å². The van der Waals surface area contributed by atoms with Gasteiger partial charge >= 0.3 is 0 Å². The monoisotopic (exact) mass is 475 g/mol. The van der Waals surface area contributed by atoms with E-state index in [2.05, 4.69) is 64.4 Å². The number of hydrogen-bond donors (Lipinski definition) is 3. The molecule has 0 aliphatic heterocycles. The van der Waals surface area contributed by atoms with Crippen LogP contribution in [0.1, 0.15) is 29.4 Å². The predicted molar refractivity (Wildman–Crippen MR) is 100 cm³/mol. The van der Waals surface area contributed by atoms with Crippen LogP contribution in [-0.2, 0) is 6.54 Å². The zero-order valence-electron chi connectivity index (χ0n) is 13.6. The standard InChI is InChI=1S/C15H19Br2N5O3/c1-2-5-24-13-10(16)6-9(7-11(13)17)8-19-3-4-20-15(23)12-14(18)22-25-21-12/h6-7,19H,2-5,8H2,1H3,(H2,18,22)(H,20,23). The molecule has 0 aliphatic rings. The summed E-state index contributed by atoms with van der Waals surface area (Å²) in [6, 6.07) is 4.01. The van der Waals surface area contributed by atoms with Crippen molar-refractivity contribution >= 4 is 43.6 Å². The Morgan fingerprint density at radius 1 is 1.28 bits per heavy atom. The van der Waals surface area contributed by atoms with Crippen LogP contribution in [0.5, 0.6) is 5.75 Å². The van der Waals surface area contributed by atoms with Gasteiger partial charge in [0.1, 0.15) is 5.75 Å². The lowest BCUT2D eigenvalue weighted by atomic mass is 10.2. The maximum absolute atomic E-state index is 11.8. The van der Waals surface area contributed by atoms with Crippen LogP contribution in [0.4, 0.5) is 5.82 Å².